The second-order valence-electron chi connectivity index (χ2n) is 7.68. The molecule has 2 aromatic carbocycles. The van der Waals surface area contributed by atoms with E-state index >= 15 is 0 Å². The van der Waals surface area contributed by atoms with Gasteiger partial charge in [-0.3, -0.25) is 10.00 Å². The van der Waals surface area contributed by atoms with Crippen LogP contribution in [0.4, 0.5) is 5.69 Å². The Hall–Kier alpha value is -2.83. The van der Waals surface area contributed by atoms with Crippen LogP contribution in [0.5, 0.6) is 0 Å². The molecule has 1 fully saturated rings. The first kappa shape index (κ1) is 19.5. The van der Waals surface area contributed by atoms with E-state index in [1.807, 2.05) is 18.2 Å². The molecule has 0 spiro atoms. The highest BCUT2D eigenvalue weighted by Crippen LogP contribution is 2.20. The molecule has 4 aromatic rings. The first-order valence-electron chi connectivity index (χ1n) is 10.3. The lowest BCUT2D eigenvalue weighted by Gasteiger charge is -2.26. The number of anilines is 1. The van der Waals surface area contributed by atoms with Crippen molar-refractivity contribution >= 4 is 27.5 Å². The van der Waals surface area contributed by atoms with Crippen molar-refractivity contribution in [2.75, 3.05) is 25.4 Å². The van der Waals surface area contributed by atoms with Crippen LogP contribution in [0.15, 0.2) is 54.9 Å². The predicted molar refractivity (Wildman–Crippen MR) is 119 cm³/mol. The molecule has 1 aliphatic rings. The SMILES string of the molecule is Nc1ccc2[nH]ncc2c1.OCCn1ccc2ccc(CN3CCCCC3)cc21. The lowest BCUT2D eigenvalue weighted by Crippen LogP contribution is -2.29. The van der Waals surface area contributed by atoms with Crippen LogP contribution < -0.4 is 5.73 Å². The molecule has 0 radical (unpaired) electrons. The fourth-order valence-electron chi connectivity index (χ4n) is 3.97. The summed E-state index contributed by atoms with van der Waals surface area (Å²) in [4.78, 5) is 2.55. The first-order chi connectivity index (χ1) is 14.2. The summed E-state index contributed by atoms with van der Waals surface area (Å²) in [6, 6.07) is 14.5. The molecule has 1 aliphatic heterocycles. The third-order valence-electron chi connectivity index (χ3n) is 5.50. The van der Waals surface area contributed by atoms with Gasteiger partial charge < -0.3 is 15.4 Å². The van der Waals surface area contributed by atoms with Gasteiger partial charge in [0.05, 0.1) is 18.3 Å². The predicted octanol–water partition coefficient (Wildman–Crippen LogP) is 3.76. The van der Waals surface area contributed by atoms with Crippen LogP contribution in [0, 0.1) is 0 Å². The van der Waals surface area contributed by atoms with E-state index in [4.69, 9.17) is 10.8 Å². The number of nitrogens with one attached hydrogen (secondary N) is 1. The van der Waals surface area contributed by atoms with E-state index in [-0.39, 0.29) is 6.61 Å². The molecule has 0 aliphatic carbocycles. The number of aromatic amines is 1. The number of benzene rings is 2. The van der Waals surface area contributed by atoms with Crippen LogP contribution in [0.2, 0.25) is 0 Å². The smallest absolute Gasteiger partial charge is 0.0651 e. The number of piperidine rings is 1. The second-order valence-corrected chi connectivity index (χ2v) is 7.68. The molecule has 0 bridgehead atoms. The highest BCUT2D eigenvalue weighted by atomic mass is 16.3. The molecule has 0 amide bonds. The minimum absolute atomic E-state index is 0.195. The van der Waals surface area contributed by atoms with Crippen LogP contribution >= 0.6 is 0 Å². The number of fused-ring (bicyclic) bond motifs is 2. The fraction of sp³-hybridized carbons (Fsp3) is 0.348. The minimum Gasteiger partial charge on any atom is -0.399 e. The number of nitrogens with two attached hydrogens (primary N) is 1. The third kappa shape index (κ3) is 4.78. The lowest BCUT2D eigenvalue weighted by molar-refractivity contribution is 0.221. The largest absolute Gasteiger partial charge is 0.399 e. The number of rotatable bonds is 4. The van der Waals surface area contributed by atoms with E-state index in [9.17, 15) is 0 Å². The zero-order valence-electron chi connectivity index (χ0n) is 16.7. The zero-order valence-corrected chi connectivity index (χ0v) is 16.7. The maximum absolute atomic E-state index is 9.10. The highest BCUT2D eigenvalue weighted by molar-refractivity contribution is 5.81. The van der Waals surface area contributed by atoms with Crippen LogP contribution in [0.25, 0.3) is 21.8 Å². The Morgan fingerprint density at radius 2 is 1.86 bits per heavy atom. The molecule has 29 heavy (non-hydrogen) atoms. The second kappa shape index (κ2) is 9.11. The van der Waals surface area contributed by atoms with Gasteiger partial charge in [0.1, 0.15) is 0 Å². The quantitative estimate of drug-likeness (QED) is 0.463. The molecule has 4 N–H and O–H groups in total. The molecule has 5 rings (SSSR count). The van der Waals surface area contributed by atoms with Gasteiger partial charge in [-0.1, -0.05) is 18.6 Å². The van der Waals surface area contributed by atoms with Crippen molar-refractivity contribution in [2.45, 2.75) is 32.4 Å². The standard InChI is InChI=1S/C16H22N2O.C7H7N3/c19-11-10-18-9-6-15-5-4-14(12-16(15)18)13-17-7-2-1-3-8-17;8-6-1-2-7-5(3-6)4-9-10-7/h4-6,9,12,19H,1-3,7-8,10-11,13H2;1-4H,8H2,(H,9,10). The van der Waals surface area contributed by atoms with E-state index in [2.05, 4.69) is 50.1 Å². The van der Waals surface area contributed by atoms with Crippen molar-refractivity contribution in [3.05, 3.63) is 60.4 Å². The van der Waals surface area contributed by atoms with Crippen molar-refractivity contribution in [1.29, 1.82) is 0 Å². The topological polar surface area (TPSA) is 83.1 Å². The van der Waals surface area contributed by atoms with Crippen molar-refractivity contribution in [3.63, 3.8) is 0 Å². The molecule has 1 saturated heterocycles. The number of aromatic nitrogens is 3. The number of hydrogen-bond donors (Lipinski definition) is 3. The van der Waals surface area contributed by atoms with Gasteiger partial charge in [-0.15, -0.1) is 0 Å². The summed E-state index contributed by atoms with van der Waals surface area (Å²) < 4.78 is 2.13. The minimum atomic E-state index is 0.195. The fourth-order valence-corrected chi connectivity index (χ4v) is 3.97. The lowest BCUT2D eigenvalue weighted by atomic mass is 10.1. The first-order valence-corrected chi connectivity index (χ1v) is 10.3. The Bertz CT molecular complexity index is 1060. The van der Waals surface area contributed by atoms with Crippen molar-refractivity contribution in [3.8, 4) is 0 Å². The number of nitrogen functional groups attached to an aromatic ring is 1. The van der Waals surface area contributed by atoms with Gasteiger partial charge in [0.2, 0.25) is 0 Å². The number of nitrogens with zero attached hydrogens (tertiary/aromatic N) is 3. The third-order valence-corrected chi connectivity index (χ3v) is 5.50. The normalized spacial score (nSPS) is 14.8. The molecule has 6 heteroatoms. The van der Waals surface area contributed by atoms with Crippen LogP contribution in [0.3, 0.4) is 0 Å². The van der Waals surface area contributed by atoms with Gasteiger partial charge in [0.25, 0.3) is 0 Å². The Kier molecular flexibility index (Phi) is 6.12. The summed E-state index contributed by atoms with van der Waals surface area (Å²) in [7, 11) is 0. The van der Waals surface area contributed by atoms with Gasteiger partial charge in [0, 0.05) is 35.9 Å². The summed E-state index contributed by atoms with van der Waals surface area (Å²) in [5.41, 5.74) is 9.96. The monoisotopic (exact) mass is 391 g/mol. The Morgan fingerprint density at radius 3 is 2.69 bits per heavy atom. The number of aliphatic hydroxyl groups is 1. The molecule has 0 unspecified atom stereocenters. The van der Waals surface area contributed by atoms with Gasteiger partial charge >= 0.3 is 0 Å². The molecule has 6 nitrogen and oxygen atoms in total. The number of aliphatic hydroxyl groups excluding tert-OH is 1. The number of likely N-dealkylation sites (tertiary alicyclic amines) is 1. The van der Waals surface area contributed by atoms with Gasteiger partial charge in [0.15, 0.2) is 0 Å². The van der Waals surface area contributed by atoms with E-state index < -0.39 is 0 Å². The molecule has 0 atom stereocenters. The van der Waals surface area contributed by atoms with Crippen molar-refractivity contribution in [2.24, 2.45) is 0 Å². The summed E-state index contributed by atoms with van der Waals surface area (Å²) >= 11 is 0. The average Bonchev–Trinajstić information content (AvgIpc) is 3.36. The molecular formula is C23H29N5O. The average molecular weight is 392 g/mol. The van der Waals surface area contributed by atoms with E-state index in [0.29, 0.717) is 6.54 Å². The molecule has 0 saturated carbocycles. The summed E-state index contributed by atoms with van der Waals surface area (Å²) in [5, 5.41) is 18.1. The van der Waals surface area contributed by atoms with E-state index in [0.717, 1.165) is 23.1 Å². The highest BCUT2D eigenvalue weighted by Gasteiger charge is 2.11. The maximum atomic E-state index is 9.10. The van der Waals surface area contributed by atoms with E-state index in [1.54, 1.807) is 6.20 Å². The zero-order chi connectivity index (χ0) is 20.1. The van der Waals surface area contributed by atoms with Gasteiger partial charge in [-0.2, -0.15) is 5.10 Å². The van der Waals surface area contributed by atoms with Crippen LogP contribution in [-0.2, 0) is 13.1 Å². The van der Waals surface area contributed by atoms with Crippen LogP contribution in [-0.4, -0.2) is 44.5 Å². The Labute approximate surface area is 170 Å². The van der Waals surface area contributed by atoms with Crippen molar-refractivity contribution in [1.82, 2.24) is 19.7 Å². The van der Waals surface area contributed by atoms with Crippen molar-refractivity contribution < 1.29 is 5.11 Å². The molecule has 152 valence electrons. The van der Waals surface area contributed by atoms with Crippen LogP contribution in [0.1, 0.15) is 24.8 Å². The van der Waals surface area contributed by atoms with Gasteiger partial charge in [-0.05, 0) is 67.2 Å². The Balaban J connectivity index is 0.000000171. The van der Waals surface area contributed by atoms with E-state index in [1.165, 1.54) is 48.8 Å². The maximum Gasteiger partial charge on any atom is 0.0651 e. The molecule has 3 heterocycles. The number of H-pyrrole nitrogens is 1. The Morgan fingerprint density at radius 1 is 1.00 bits per heavy atom. The summed E-state index contributed by atoms with van der Waals surface area (Å²) in [5.74, 6) is 0. The summed E-state index contributed by atoms with van der Waals surface area (Å²) in [6.07, 6.45) is 7.87. The molecule has 2 aromatic heterocycles. The van der Waals surface area contributed by atoms with Gasteiger partial charge in [-0.25, -0.2) is 0 Å². The number of hydrogen-bond acceptors (Lipinski definition) is 4. The molecular weight excluding hydrogens is 362 g/mol. The summed E-state index contributed by atoms with van der Waals surface area (Å²) in [6.45, 7) is 4.39.